The highest BCUT2D eigenvalue weighted by molar-refractivity contribution is 6.01. The molecular formula is C8H12N2O2. The number of hydrogen-bond acceptors (Lipinski definition) is 3. The van der Waals surface area contributed by atoms with Gasteiger partial charge in [0.2, 0.25) is 11.8 Å². The largest absolute Gasteiger partial charge is 0.319 e. The number of nitrogens with two attached hydrogens (primary N) is 1. The summed E-state index contributed by atoms with van der Waals surface area (Å²) in [7, 11) is 0. The Labute approximate surface area is 70.5 Å². The fourth-order valence-corrected chi connectivity index (χ4v) is 2.09. The topological polar surface area (TPSA) is 72.2 Å². The third-order valence-corrected chi connectivity index (χ3v) is 3.07. The van der Waals surface area contributed by atoms with Crippen molar-refractivity contribution in [3.05, 3.63) is 0 Å². The second-order valence-corrected chi connectivity index (χ2v) is 3.78. The van der Waals surface area contributed by atoms with E-state index < -0.39 is 6.04 Å². The Hall–Kier alpha value is -0.900. The summed E-state index contributed by atoms with van der Waals surface area (Å²) >= 11 is 0. The third-order valence-electron chi connectivity index (χ3n) is 3.07. The van der Waals surface area contributed by atoms with Gasteiger partial charge in [-0.2, -0.15) is 0 Å². The lowest BCUT2D eigenvalue weighted by molar-refractivity contribution is -0.143. The molecule has 1 saturated carbocycles. The Bertz CT molecular complexity index is 245. The molecule has 1 aliphatic carbocycles. The van der Waals surface area contributed by atoms with Gasteiger partial charge in [0.05, 0.1) is 6.04 Å². The maximum atomic E-state index is 11.2. The molecule has 0 aromatic carbocycles. The van der Waals surface area contributed by atoms with Crippen molar-refractivity contribution < 1.29 is 9.59 Å². The van der Waals surface area contributed by atoms with Gasteiger partial charge >= 0.3 is 0 Å². The summed E-state index contributed by atoms with van der Waals surface area (Å²) in [4.78, 5) is 22.2. The molecule has 1 unspecified atom stereocenters. The smallest absolute Gasteiger partial charge is 0.244 e. The molecule has 1 atom stereocenters. The number of carbonyl (C=O) groups is 2. The summed E-state index contributed by atoms with van der Waals surface area (Å²) in [6.45, 7) is 0. The van der Waals surface area contributed by atoms with Gasteiger partial charge in [-0.05, 0) is 12.8 Å². The van der Waals surface area contributed by atoms with Crippen molar-refractivity contribution in [1.29, 1.82) is 0 Å². The number of hydrogen-bond donors (Lipinski definition) is 2. The molecule has 1 heterocycles. The molecule has 2 amide bonds. The Balaban J connectivity index is 2.21. The van der Waals surface area contributed by atoms with Crippen LogP contribution >= 0.6 is 0 Å². The molecule has 2 aliphatic rings. The van der Waals surface area contributed by atoms with Crippen molar-refractivity contribution in [1.82, 2.24) is 5.32 Å². The van der Waals surface area contributed by atoms with Gasteiger partial charge in [0.15, 0.2) is 0 Å². The van der Waals surface area contributed by atoms with Crippen LogP contribution < -0.4 is 11.1 Å². The highest BCUT2D eigenvalue weighted by atomic mass is 16.2. The van der Waals surface area contributed by atoms with Gasteiger partial charge < -0.3 is 5.73 Å². The monoisotopic (exact) mass is 168 g/mol. The van der Waals surface area contributed by atoms with Gasteiger partial charge in [0, 0.05) is 11.8 Å². The van der Waals surface area contributed by atoms with E-state index in [1.54, 1.807) is 0 Å². The van der Waals surface area contributed by atoms with Crippen molar-refractivity contribution in [3.8, 4) is 0 Å². The van der Waals surface area contributed by atoms with Crippen molar-refractivity contribution >= 4 is 11.8 Å². The molecule has 0 aromatic rings. The summed E-state index contributed by atoms with van der Waals surface area (Å²) in [6, 6.07) is -0.469. The van der Waals surface area contributed by atoms with E-state index in [0.29, 0.717) is 6.42 Å². The molecule has 1 saturated heterocycles. The van der Waals surface area contributed by atoms with Crippen molar-refractivity contribution in [2.75, 3.05) is 0 Å². The molecule has 4 heteroatoms. The molecule has 0 radical (unpaired) electrons. The predicted octanol–water partition coefficient (Wildman–Crippen LogP) is -0.470. The molecule has 66 valence electrons. The van der Waals surface area contributed by atoms with Crippen LogP contribution in [0.4, 0.5) is 0 Å². The predicted molar refractivity (Wildman–Crippen MR) is 42.0 cm³/mol. The van der Waals surface area contributed by atoms with E-state index in [-0.39, 0.29) is 17.2 Å². The molecule has 0 aromatic heterocycles. The Morgan fingerprint density at radius 2 is 2.08 bits per heavy atom. The second kappa shape index (κ2) is 2.29. The summed E-state index contributed by atoms with van der Waals surface area (Å²) in [5.74, 6) is -0.465. The molecule has 0 bridgehead atoms. The Kier molecular flexibility index (Phi) is 1.48. The van der Waals surface area contributed by atoms with Crippen LogP contribution in [-0.2, 0) is 9.59 Å². The van der Waals surface area contributed by atoms with Crippen LogP contribution in [0, 0.1) is 5.41 Å². The van der Waals surface area contributed by atoms with E-state index in [1.165, 1.54) is 0 Å². The normalized spacial score (nSPS) is 32.9. The van der Waals surface area contributed by atoms with E-state index in [4.69, 9.17) is 5.73 Å². The van der Waals surface area contributed by atoms with Gasteiger partial charge in [0.25, 0.3) is 0 Å². The Morgan fingerprint density at radius 3 is 2.58 bits per heavy atom. The Morgan fingerprint density at radius 1 is 1.42 bits per heavy atom. The number of piperidine rings is 1. The lowest BCUT2D eigenvalue weighted by Gasteiger charge is -2.47. The quantitative estimate of drug-likeness (QED) is 0.480. The first kappa shape index (κ1) is 7.73. The number of nitrogens with one attached hydrogen (secondary N) is 1. The molecule has 12 heavy (non-hydrogen) atoms. The van der Waals surface area contributed by atoms with Crippen molar-refractivity contribution in [2.24, 2.45) is 11.1 Å². The average molecular weight is 168 g/mol. The van der Waals surface area contributed by atoms with E-state index in [9.17, 15) is 9.59 Å². The molecule has 2 rings (SSSR count). The minimum atomic E-state index is -0.469. The number of amides is 2. The highest BCUT2D eigenvalue weighted by Gasteiger charge is 2.50. The molecule has 1 spiro atoms. The van der Waals surface area contributed by atoms with E-state index in [0.717, 1.165) is 19.3 Å². The second-order valence-electron chi connectivity index (χ2n) is 3.78. The van der Waals surface area contributed by atoms with E-state index >= 15 is 0 Å². The van der Waals surface area contributed by atoms with Gasteiger partial charge in [0.1, 0.15) is 0 Å². The molecule has 3 N–H and O–H groups in total. The van der Waals surface area contributed by atoms with Gasteiger partial charge in [-0.25, -0.2) is 0 Å². The minimum Gasteiger partial charge on any atom is -0.319 e. The fraction of sp³-hybridized carbons (Fsp3) is 0.750. The fourth-order valence-electron chi connectivity index (χ4n) is 2.09. The zero-order valence-electron chi connectivity index (χ0n) is 6.80. The third kappa shape index (κ3) is 0.876. The average Bonchev–Trinajstić information content (AvgIpc) is 1.93. The highest BCUT2D eigenvalue weighted by Crippen LogP contribution is 2.47. The molecular weight excluding hydrogens is 156 g/mol. The lowest BCUT2D eigenvalue weighted by atomic mass is 9.60. The van der Waals surface area contributed by atoms with Crippen LogP contribution in [0.3, 0.4) is 0 Å². The van der Waals surface area contributed by atoms with E-state index in [1.807, 2.05) is 0 Å². The SMILES string of the molecule is NC1C(=O)NC(=O)CC12CCC2. The standard InChI is InChI=1S/C8H12N2O2/c9-6-7(12)10-5(11)4-8(6)2-1-3-8/h6H,1-4,9H2,(H,10,11,12). The van der Waals surface area contributed by atoms with Crippen LogP contribution in [0.2, 0.25) is 0 Å². The minimum absolute atomic E-state index is 0.165. The summed E-state index contributed by atoms with van der Waals surface area (Å²) in [6.07, 6.45) is 3.37. The van der Waals surface area contributed by atoms with Crippen LogP contribution in [-0.4, -0.2) is 17.9 Å². The van der Waals surface area contributed by atoms with Crippen molar-refractivity contribution in [3.63, 3.8) is 0 Å². The zero-order chi connectivity index (χ0) is 8.77. The first-order chi connectivity index (χ1) is 5.64. The number of rotatable bonds is 0. The number of imide groups is 1. The number of carbonyl (C=O) groups excluding carboxylic acids is 2. The first-order valence-corrected chi connectivity index (χ1v) is 4.23. The molecule has 2 fully saturated rings. The van der Waals surface area contributed by atoms with Crippen LogP contribution in [0.5, 0.6) is 0 Å². The van der Waals surface area contributed by atoms with Gasteiger partial charge in [-0.15, -0.1) is 0 Å². The summed E-state index contributed by atoms with van der Waals surface area (Å²) in [5, 5.41) is 2.25. The van der Waals surface area contributed by atoms with Crippen LogP contribution in [0.1, 0.15) is 25.7 Å². The summed E-state index contributed by atoms with van der Waals surface area (Å²) in [5.41, 5.74) is 5.54. The van der Waals surface area contributed by atoms with Crippen LogP contribution in [0.25, 0.3) is 0 Å². The van der Waals surface area contributed by atoms with E-state index in [2.05, 4.69) is 5.32 Å². The maximum Gasteiger partial charge on any atom is 0.244 e. The molecule has 1 aliphatic heterocycles. The molecule has 4 nitrogen and oxygen atoms in total. The van der Waals surface area contributed by atoms with Gasteiger partial charge in [-0.1, -0.05) is 6.42 Å². The van der Waals surface area contributed by atoms with Gasteiger partial charge in [-0.3, -0.25) is 14.9 Å². The zero-order valence-corrected chi connectivity index (χ0v) is 6.80. The summed E-state index contributed by atoms with van der Waals surface area (Å²) < 4.78 is 0. The maximum absolute atomic E-state index is 11.2. The first-order valence-electron chi connectivity index (χ1n) is 4.23. The van der Waals surface area contributed by atoms with Crippen LogP contribution in [0.15, 0.2) is 0 Å². The lowest BCUT2D eigenvalue weighted by Crippen LogP contribution is -2.62. The van der Waals surface area contributed by atoms with Crippen molar-refractivity contribution in [2.45, 2.75) is 31.7 Å².